The molecule has 136 valence electrons. The molecule has 1 saturated carbocycles. The Labute approximate surface area is 151 Å². The van der Waals surface area contributed by atoms with Gasteiger partial charge in [-0.1, -0.05) is 55.3 Å². The summed E-state index contributed by atoms with van der Waals surface area (Å²) in [5.41, 5.74) is 1.25. The zero-order valence-corrected chi connectivity index (χ0v) is 15.4. The molecule has 1 saturated heterocycles. The molecule has 1 amide bonds. The van der Waals surface area contributed by atoms with Crippen molar-refractivity contribution in [3.05, 3.63) is 42.0 Å². The molecule has 1 aromatic carbocycles. The quantitative estimate of drug-likeness (QED) is 0.864. The summed E-state index contributed by atoms with van der Waals surface area (Å²) in [5.74, 6) is 0.212. The topological polar surface area (TPSA) is 35.6 Å². The van der Waals surface area contributed by atoms with Gasteiger partial charge in [-0.05, 0) is 25.3 Å². The van der Waals surface area contributed by atoms with Gasteiger partial charge in [-0.2, -0.15) is 0 Å². The van der Waals surface area contributed by atoms with Gasteiger partial charge in [0.2, 0.25) is 5.91 Å². The van der Waals surface area contributed by atoms with Gasteiger partial charge in [-0.25, -0.2) is 0 Å². The average molecular weight is 341 g/mol. The van der Waals surface area contributed by atoms with Crippen LogP contribution < -0.4 is 5.32 Å². The number of carbonyl (C=O) groups excluding carboxylic acids is 1. The van der Waals surface area contributed by atoms with Crippen LogP contribution in [-0.2, 0) is 4.79 Å². The van der Waals surface area contributed by atoms with Crippen molar-refractivity contribution >= 4 is 12.0 Å². The van der Waals surface area contributed by atoms with Gasteiger partial charge in [0, 0.05) is 38.8 Å². The smallest absolute Gasteiger partial charge is 0.237 e. The molecule has 0 radical (unpaired) electrons. The highest BCUT2D eigenvalue weighted by Crippen LogP contribution is 2.18. The number of piperazine rings is 1. The zero-order valence-electron chi connectivity index (χ0n) is 15.4. The minimum atomic E-state index is -0.0115. The van der Waals surface area contributed by atoms with Crippen LogP contribution in [0.15, 0.2) is 36.4 Å². The molecule has 25 heavy (non-hydrogen) atoms. The van der Waals surface area contributed by atoms with Crippen LogP contribution in [0.3, 0.4) is 0 Å². The molecular weight excluding hydrogens is 310 g/mol. The van der Waals surface area contributed by atoms with E-state index in [0.29, 0.717) is 6.04 Å². The van der Waals surface area contributed by atoms with Gasteiger partial charge < -0.3 is 5.32 Å². The highest BCUT2D eigenvalue weighted by Gasteiger charge is 2.27. The lowest BCUT2D eigenvalue weighted by Crippen LogP contribution is -2.54. The number of hydrogen-bond donors (Lipinski definition) is 1. The predicted molar refractivity (Wildman–Crippen MR) is 103 cm³/mol. The Morgan fingerprint density at radius 1 is 1.16 bits per heavy atom. The summed E-state index contributed by atoms with van der Waals surface area (Å²) in [5, 5.41) is 3.23. The van der Waals surface area contributed by atoms with Crippen molar-refractivity contribution in [3.63, 3.8) is 0 Å². The fourth-order valence-corrected chi connectivity index (χ4v) is 3.79. The van der Waals surface area contributed by atoms with Crippen LogP contribution in [0.2, 0.25) is 0 Å². The second-order valence-corrected chi connectivity index (χ2v) is 7.32. The van der Waals surface area contributed by atoms with E-state index in [4.69, 9.17) is 0 Å². The molecule has 0 unspecified atom stereocenters. The van der Waals surface area contributed by atoms with E-state index in [1.807, 2.05) is 6.07 Å². The number of nitrogens with zero attached hydrogens (tertiary/aromatic N) is 2. The number of benzene rings is 1. The molecule has 0 bridgehead atoms. The number of nitrogens with one attached hydrogen (secondary N) is 1. The molecular formula is C21H31N3O. The van der Waals surface area contributed by atoms with Gasteiger partial charge in [0.15, 0.2) is 0 Å². The summed E-state index contributed by atoms with van der Waals surface area (Å²) >= 11 is 0. The molecule has 0 aromatic heterocycles. The first-order chi connectivity index (χ1) is 12.2. The highest BCUT2D eigenvalue weighted by atomic mass is 16.2. The molecule has 2 fully saturated rings. The van der Waals surface area contributed by atoms with E-state index in [0.717, 1.165) is 45.6 Å². The summed E-state index contributed by atoms with van der Waals surface area (Å²) in [6.07, 6.45) is 9.24. The van der Waals surface area contributed by atoms with Gasteiger partial charge in [-0.3, -0.25) is 14.6 Å². The van der Waals surface area contributed by atoms with Crippen LogP contribution >= 0.6 is 0 Å². The number of rotatable bonds is 6. The van der Waals surface area contributed by atoms with Crippen molar-refractivity contribution < 1.29 is 4.79 Å². The first-order valence-corrected chi connectivity index (χ1v) is 9.71. The summed E-state index contributed by atoms with van der Waals surface area (Å²) in [6.45, 7) is 7.03. The van der Waals surface area contributed by atoms with Gasteiger partial charge in [0.25, 0.3) is 0 Å². The van der Waals surface area contributed by atoms with Crippen LogP contribution in [0.25, 0.3) is 6.08 Å². The van der Waals surface area contributed by atoms with E-state index in [-0.39, 0.29) is 11.9 Å². The molecule has 1 aromatic rings. The Morgan fingerprint density at radius 3 is 2.52 bits per heavy atom. The summed E-state index contributed by atoms with van der Waals surface area (Å²) in [7, 11) is 0. The molecule has 1 atom stereocenters. The third-order valence-electron chi connectivity index (χ3n) is 5.51. The van der Waals surface area contributed by atoms with Crippen LogP contribution in [0.5, 0.6) is 0 Å². The lowest BCUT2D eigenvalue weighted by molar-refractivity contribution is -0.127. The lowest BCUT2D eigenvalue weighted by atomic mass is 10.1. The van der Waals surface area contributed by atoms with E-state index < -0.39 is 0 Å². The second kappa shape index (κ2) is 9.16. The van der Waals surface area contributed by atoms with Gasteiger partial charge in [-0.15, -0.1) is 0 Å². The maximum Gasteiger partial charge on any atom is 0.237 e. The maximum absolute atomic E-state index is 12.4. The Kier molecular flexibility index (Phi) is 6.65. The molecule has 0 spiro atoms. The fourth-order valence-electron chi connectivity index (χ4n) is 3.79. The highest BCUT2D eigenvalue weighted by molar-refractivity contribution is 5.81. The van der Waals surface area contributed by atoms with Crippen molar-refractivity contribution in [2.24, 2.45) is 0 Å². The summed E-state index contributed by atoms with van der Waals surface area (Å²) < 4.78 is 0. The zero-order chi connectivity index (χ0) is 17.5. The number of amides is 1. The molecule has 3 rings (SSSR count). The minimum absolute atomic E-state index is 0.0115. The van der Waals surface area contributed by atoms with Crippen molar-refractivity contribution in [1.82, 2.24) is 15.1 Å². The van der Waals surface area contributed by atoms with Gasteiger partial charge >= 0.3 is 0 Å². The van der Waals surface area contributed by atoms with Crippen LogP contribution in [-0.4, -0.2) is 60.5 Å². The van der Waals surface area contributed by atoms with E-state index in [1.165, 1.54) is 18.4 Å². The number of carbonyl (C=O) groups is 1. The molecule has 4 heteroatoms. The molecule has 1 aliphatic carbocycles. The molecule has 2 aliphatic rings. The second-order valence-electron chi connectivity index (χ2n) is 7.32. The van der Waals surface area contributed by atoms with Gasteiger partial charge in [0.1, 0.15) is 0 Å². The first kappa shape index (κ1) is 18.2. The Balaban J connectivity index is 1.39. The van der Waals surface area contributed by atoms with E-state index in [9.17, 15) is 4.79 Å². The van der Waals surface area contributed by atoms with Crippen molar-refractivity contribution in [3.8, 4) is 0 Å². The Morgan fingerprint density at radius 2 is 1.84 bits per heavy atom. The van der Waals surface area contributed by atoms with Gasteiger partial charge in [0.05, 0.1) is 6.04 Å². The molecule has 4 nitrogen and oxygen atoms in total. The SMILES string of the molecule is C[C@@H](C(=O)NC1CCCC1)N1CCN(C/C=C/c2ccccc2)CC1. The minimum Gasteiger partial charge on any atom is -0.352 e. The van der Waals surface area contributed by atoms with E-state index in [2.05, 4.69) is 58.5 Å². The number of hydrogen-bond acceptors (Lipinski definition) is 3. The van der Waals surface area contributed by atoms with Crippen molar-refractivity contribution in [1.29, 1.82) is 0 Å². The van der Waals surface area contributed by atoms with Crippen LogP contribution in [0.4, 0.5) is 0 Å². The normalized spacial score (nSPS) is 21.6. The van der Waals surface area contributed by atoms with Crippen molar-refractivity contribution in [2.45, 2.75) is 44.7 Å². The third kappa shape index (κ3) is 5.41. The maximum atomic E-state index is 12.4. The molecule has 1 aliphatic heterocycles. The van der Waals surface area contributed by atoms with E-state index >= 15 is 0 Å². The third-order valence-corrected chi connectivity index (χ3v) is 5.51. The summed E-state index contributed by atoms with van der Waals surface area (Å²) in [4.78, 5) is 17.2. The standard InChI is InChI=1S/C21H31N3O/c1-18(21(25)22-20-11-5-6-12-20)24-16-14-23(15-17-24)13-7-10-19-8-3-2-4-9-19/h2-4,7-10,18,20H,5-6,11-17H2,1H3,(H,22,25)/b10-7+/t18-/m0/s1. The summed E-state index contributed by atoms with van der Waals surface area (Å²) in [6, 6.07) is 10.8. The molecule has 1 heterocycles. The Hall–Kier alpha value is -1.65. The Bertz CT molecular complexity index is 558. The monoisotopic (exact) mass is 341 g/mol. The van der Waals surface area contributed by atoms with Crippen molar-refractivity contribution in [2.75, 3.05) is 32.7 Å². The molecule has 1 N–H and O–H groups in total. The first-order valence-electron chi connectivity index (χ1n) is 9.71. The average Bonchev–Trinajstić information content (AvgIpc) is 3.15. The predicted octanol–water partition coefficient (Wildman–Crippen LogP) is 2.76. The largest absolute Gasteiger partial charge is 0.352 e. The van der Waals surface area contributed by atoms with E-state index in [1.54, 1.807) is 0 Å². The fraction of sp³-hybridized carbons (Fsp3) is 0.571. The lowest BCUT2D eigenvalue weighted by Gasteiger charge is -2.37. The van der Waals surface area contributed by atoms with Crippen LogP contribution in [0, 0.1) is 0 Å². The van der Waals surface area contributed by atoms with Crippen LogP contribution in [0.1, 0.15) is 38.2 Å².